The molecule has 0 aliphatic rings. The van der Waals surface area contributed by atoms with Crippen molar-refractivity contribution in [2.75, 3.05) is 0 Å². The average Bonchev–Trinajstić information content (AvgIpc) is 2.70. The molecule has 0 N–H and O–H groups in total. The highest BCUT2D eigenvalue weighted by atomic mass is 35.5. The molecule has 2 heteroatoms. The van der Waals surface area contributed by atoms with Gasteiger partial charge in [0.1, 0.15) is 0 Å². The summed E-state index contributed by atoms with van der Waals surface area (Å²) in [5, 5.41) is 0.755. The Hall–Kier alpha value is -1.47. The van der Waals surface area contributed by atoms with Gasteiger partial charge in [-0.1, -0.05) is 35.9 Å². The minimum atomic E-state index is 0.755. The lowest BCUT2D eigenvalue weighted by atomic mass is 10.2. The van der Waals surface area contributed by atoms with E-state index in [1.165, 1.54) is 0 Å². The highest BCUT2D eigenvalue weighted by Gasteiger charge is 1.89. The van der Waals surface area contributed by atoms with Crippen molar-refractivity contribution < 1.29 is 4.42 Å². The van der Waals surface area contributed by atoms with Crippen molar-refractivity contribution in [3.63, 3.8) is 0 Å². The van der Waals surface area contributed by atoms with Gasteiger partial charge >= 0.3 is 0 Å². The molecule has 2 aromatic rings. The van der Waals surface area contributed by atoms with Crippen molar-refractivity contribution in [1.82, 2.24) is 0 Å². The average molecular weight is 205 g/mol. The summed E-state index contributed by atoms with van der Waals surface area (Å²) in [4.78, 5) is 0. The molecule has 0 unspecified atom stereocenters. The molecule has 1 aromatic carbocycles. The molecule has 2 rings (SSSR count). The van der Waals surface area contributed by atoms with Crippen molar-refractivity contribution in [1.29, 1.82) is 0 Å². The van der Waals surface area contributed by atoms with Crippen molar-refractivity contribution in [2.24, 2.45) is 0 Å². The van der Waals surface area contributed by atoms with E-state index in [-0.39, 0.29) is 0 Å². The van der Waals surface area contributed by atoms with Gasteiger partial charge in [-0.2, -0.15) is 0 Å². The van der Waals surface area contributed by atoms with Gasteiger partial charge in [0.25, 0.3) is 0 Å². The predicted molar refractivity (Wildman–Crippen MR) is 59.1 cm³/mol. The zero-order chi connectivity index (χ0) is 9.80. The molecule has 14 heavy (non-hydrogen) atoms. The van der Waals surface area contributed by atoms with Crippen LogP contribution in [0.3, 0.4) is 0 Å². The van der Waals surface area contributed by atoms with Crippen LogP contribution in [-0.2, 0) is 0 Å². The second-order valence-corrected chi connectivity index (χ2v) is 3.38. The van der Waals surface area contributed by atoms with Crippen LogP contribution in [0, 0.1) is 0 Å². The number of rotatable bonds is 2. The van der Waals surface area contributed by atoms with Gasteiger partial charge in [-0.05, 0) is 23.8 Å². The number of benzene rings is 1. The Kier molecular flexibility index (Phi) is 2.70. The van der Waals surface area contributed by atoms with Crippen LogP contribution in [0.5, 0.6) is 0 Å². The van der Waals surface area contributed by atoms with E-state index in [0.29, 0.717) is 0 Å². The molecule has 0 radical (unpaired) electrons. The minimum absolute atomic E-state index is 0.755. The molecule has 0 atom stereocenters. The number of hydrogen-bond donors (Lipinski definition) is 0. The fourth-order valence-electron chi connectivity index (χ4n) is 1.14. The molecule has 0 aliphatic heterocycles. The van der Waals surface area contributed by atoms with Crippen molar-refractivity contribution in [3.05, 3.63) is 59.0 Å². The fourth-order valence-corrected chi connectivity index (χ4v) is 1.26. The standard InChI is InChI=1S/C12H9ClO/c13-12-5-3-10(4-6-12)1-2-11-7-8-14-9-11/h1-9H. The van der Waals surface area contributed by atoms with Gasteiger partial charge in [0, 0.05) is 10.6 Å². The van der Waals surface area contributed by atoms with E-state index >= 15 is 0 Å². The van der Waals surface area contributed by atoms with Crippen LogP contribution >= 0.6 is 11.6 Å². The van der Waals surface area contributed by atoms with Crippen LogP contribution in [0.1, 0.15) is 11.1 Å². The maximum Gasteiger partial charge on any atom is 0.0974 e. The SMILES string of the molecule is Clc1ccc(C=Cc2ccoc2)cc1. The summed E-state index contributed by atoms with van der Waals surface area (Å²) in [5.41, 5.74) is 2.18. The minimum Gasteiger partial charge on any atom is -0.472 e. The fraction of sp³-hybridized carbons (Fsp3) is 0. The van der Waals surface area contributed by atoms with E-state index in [2.05, 4.69) is 0 Å². The molecule has 0 spiro atoms. The van der Waals surface area contributed by atoms with E-state index in [1.807, 2.05) is 42.5 Å². The summed E-state index contributed by atoms with van der Waals surface area (Å²) < 4.78 is 4.95. The third-order valence-corrected chi connectivity index (χ3v) is 2.13. The molecule has 0 aliphatic carbocycles. The maximum atomic E-state index is 5.77. The Morgan fingerprint density at radius 1 is 0.929 bits per heavy atom. The first kappa shape index (κ1) is 9.10. The molecular weight excluding hydrogens is 196 g/mol. The van der Waals surface area contributed by atoms with Gasteiger partial charge in [0.15, 0.2) is 0 Å². The van der Waals surface area contributed by atoms with Gasteiger partial charge in [-0.3, -0.25) is 0 Å². The van der Waals surface area contributed by atoms with Gasteiger partial charge in [-0.15, -0.1) is 0 Å². The second-order valence-electron chi connectivity index (χ2n) is 2.94. The van der Waals surface area contributed by atoms with Crippen molar-refractivity contribution in [3.8, 4) is 0 Å². The molecule has 70 valence electrons. The first-order valence-electron chi connectivity index (χ1n) is 4.30. The molecule has 1 aromatic heterocycles. The van der Waals surface area contributed by atoms with Crippen LogP contribution in [0.15, 0.2) is 47.3 Å². The van der Waals surface area contributed by atoms with Crippen molar-refractivity contribution in [2.45, 2.75) is 0 Å². The van der Waals surface area contributed by atoms with Crippen LogP contribution in [0.4, 0.5) is 0 Å². The molecule has 0 bridgehead atoms. The largest absolute Gasteiger partial charge is 0.472 e. The molecule has 0 saturated heterocycles. The third-order valence-electron chi connectivity index (χ3n) is 1.88. The van der Waals surface area contributed by atoms with Crippen LogP contribution in [-0.4, -0.2) is 0 Å². The second kappa shape index (κ2) is 4.16. The molecule has 0 saturated carbocycles. The van der Waals surface area contributed by atoms with Gasteiger partial charge in [-0.25, -0.2) is 0 Å². The van der Waals surface area contributed by atoms with E-state index in [4.69, 9.17) is 16.0 Å². The third kappa shape index (κ3) is 2.27. The Bertz CT molecular complexity index is 412. The maximum absolute atomic E-state index is 5.77. The van der Waals surface area contributed by atoms with Crippen LogP contribution in [0.2, 0.25) is 5.02 Å². The Morgan fingerprint density at radius 2 is 1.64 bits per heavy atom. The lowest BCUT2D eigenvalue weighted by molar-refractivity contribution is 0.567. The summed E-state index contributed by atoms with van der Waals surface area (Å²) in [7, 11) is 0. The summed E-state index contributed by atoms with van der Waals surface area (Å²) in [6.45, 7) is 0. The number of furan rings is 1. The highest BCUT2D eigenvalue weighted by Crippen LogP contribution is 2.12. The molecule has 1 heterocycles. The lowest BCUT2D eigenvalue weighted by Gasteiger charge is -1.92. The Balaban J connectivity index is 2.15. The summed E-state index contributed by atoms with van der Waals surface area (Å²) in [5.74, 6) is 0. The van der Waals surface area contributed by atoms with Crippen molar-refractivity contribution >= 4 is 23.8 Å². The molecule has 0 amide bonds. The molecular formula is C12H9ClO. The number of hydrogen-bond acceptors (Lipinski definition) is 1. The quantitative estimate of drug-likeness (QED) is 0.718. The molecule has 1 nitrogen and oxygen atoms in total. The van der Waals surface area contributed by atoms with Gasteiger partial charge in [0.05, 0.1) is 12.5 Å². The summed E-state index contributed by atoms with van der Waals surface area (Å²) in [6, 6.07) is 9.59. The normalized spacial score (nSPS) is 10.9. The smallest absolute Gasteiger partial charge is 0.0974 e. The van der Waals surface area contributed by atoms with E-state index < -0.39 is 0 Å². The van der Waals surface area contributed by atoms with Crippen LogP contribution in [0.25, 0.3) is 12.2 Å². The number of halogens is 1. The predicted octanol–water partition coefficient (Wildman–Crippen LogP) is 4.10. The zero-order valence-electron chi connectivity index (χ0n) is 7.48. The Labute approximate surface area is 87.6 Å². The topological polar surface area (TPSA) is 13.1 Å². The van der Waals surface area contributed by atoms with E-state index in [0.717, 1.165) is 16.1 Å². The van der Waals surface area contributed by atoms with Crippen LogP contribution < -0.4 is 0 Å². The monoisotopic (exact) mass is 204 g/mol. The van der Waals surface area contributed by atoms with E-state index in [9.17, 15) is 0 Å². The first-order chi connectivity index (χ1) is 6.84. The highest BCUT2D eigenvalue weighted by molar-refractivity contribution is 6.30. The van der Waals surface area contributed by atoms with Gasteiger partial charge < -0.3 is 4.42 Å². The van der Waals surface area contributed by atoms with Gasteiger partial charge in [0.2, 0.25) is 0 Å². The summed E-state index contributed by atoms with van der Waals surface area (Å²) in [6.07, 6.45) is 7.36. The lowest BCUT2D eigenvalue weighted by Crippen LogP contribution is -1.69. The van der Waals surface area contributed by atoms with E-state index in [1.54, 1.807) is 12.5 Å². The first-order valence-corrected chi connectivity index (χ1v) is 4.68. The molecule has 0 fully saturated rings. The summed E-state index contributed by atoms with van der Waals surface area (Å²) >= 11 is 5.77. The Morgan fingerprint density at radius 3 is 2.29 bits per heavy atom. The zero-order valence-corrected chi connectivity index (χ0v) is 8.24.